The van der Waals surface area contributed by atoms with Gasteiger partial charge in [0.15, 0.2) is 0 Å². The van der Waals surface area contributed by atoms with Crippen molar-refractivity contribution in [2.24, 2.45) is 0 Å². The van der Waals surface area contributed by atoms with Crippen LogP contribution in [-0.2, 0) is 25.8 Å². The van der Waals surface area contributed by atoms with E-state index in [-0.39, 0.29) is 32.8 Å². The van der Waals surface area contributed by atoms with Crippen molar-refractivity contribution >= 4 is 6.09 Å². The van der Waals surface area contributed by atoms with Gasteiger partial charge in [0.2, 0.25) is 0 Å². The number of likely N-dealkylation sites (tertiary alicyclic amines) is 1. The van der Waals surface area contributed by atoms with Gasteiger partial charge in [0, 0.05) is 27.6 Å². The second kappa shape index (κ2) is 13.0. The Morgan fingerprint density at radius 3 is 2.00 bits per heavy atom. The minimum Gasteiger partial charge on any atom is -0.444 e. The van der Waals surface area contributed by atoms with Gasteiger partial charge in [0.1, 0.15) is 5.60 Å². The van der Waals surface area contributed by atoms with E-state index in [9.17, 15) is 4.79 Å². The molecule has 1 saturated heterocycles. The van der Waals surface area contributed by atoms with Crippen molar-refractivity contribution in [1.29, 1.82) is 0 Å². The summed E-state index contributed by atoms with van der Waals surface area (Å²) in [7, 11) is 0. The summed E-state index contributed by atoms with van der Waals surface area (Å²) < 4.78 is 5.30. The van der Waals surface area contributed by atoms with Crippen LogP contribution in [0.3, 0.4) is 0 Å². The van der Waals surface area contributed by atoms with Crippen molar-refractivity contribution in [3.05, 3.63) is 5.92 Å². The Labute approximate surface area is 134 Å². The molecular formula is C15H32NO2W-. The van der Waals surface area contributed by atoms with Crippen molar-refractivity contribution < 1.29 is 30.6 Å². The number of piperidine rings is 1. The molecule has 1 aliphatic rings. The van der Waals surface area contributed by atoms with Crippen LogP contribution in [0.4, 0.5) is 4.79 Å². The van der Waals surface area contributed by atoms with Gasteiger partial charge in [0.25, 0.3) is 0 Å². The van der Waals surface area contributed by atoms with Crippen LogP contribution in [0.25, 0.3) is 0 Å². The first-order valence-electron chi connectivity index (χ1n) is 7.18. The summed E-state index contributed by atoms with van der Waals surface area (Å²) >= 11 is 0. The zero-order valence-corrected chi connectivity index (χ0v) is 16.9. The third-order valence-electron chi connectivity index (χ3n) is 2.14. The molecule has 1 heterocycles. The molecule has 0 unspecified atom stereocenters. The maximum atomic E-state index is 11.6. The molecule has 0 aliphatic carbocycles. The van der Waals surface area contributed by atoms with Crippen LogP contribution in [0.2, 0.25) is 0 Å². The molecule has 1 aliphatic heterocycles. The molecule has 0 bridgehead atoms. The number of carbonyl (C=O) groups excluding carboxylic acids is 1. The maximum absolute atomic E-state index is 11.6. The summed E-state index contributed by atoms with van der Waals surface area (Å²) in [6.07, 6.45) is 2.02. The van der Waals surface area contributed by atoms with E-state index in [1.54, 1.807) is 4.90 Å². The Morgan fingerprint density at radius 1 is 1.16 bits per heavy atom. The van der Waals surface area contributed by atoms with E-state index in [2.05, 4.69) is 6.92 Å². The number of nitrogens with zero attached hydrogens (tertiary/aromatic N) is 1. The summed E-state index contributed by atoms with van der Waals surface area (Å²) in [5.74, 6) is 1.36. The van der Waals surface area contributed by atoms with Gasteiger partial charge >= 0.3 is 6.09 Å². The molecule has 0 aromatic carbocycles. The van der Waals surface area contributed by atoms with Crippen LogP contribution in [0.5, 0.6) is 0 Å². The summed E-state index contributed by atoms with van der Waals surface area (Å²) in [4.78, 5) is 13.4. The van der Waals surface area contributed by atoms with Crippen molar-refractivity contribution in [3.8, 4) is 0 Å². The predicted octanol–water partition coefficient (Wildman–Crippen LogP) is 4.66. The molecule has 0 saturated carbocycles. The molecular weight excluding hydrogens is 410 g/mol. The Bertz CT molecular complexity index is 215. The van der Waals surface area contributed by atoms with E-state index in [1.165, 1.54) is 5.92 Å². The number of amides is 1. The van der Waals surface area contributed by atoms with Gasteiger partial charge in [0.05, 0.1) is 0 Å². The third kappa shape index (κ3) is 12.7. The number of rotatable bonds is 0. The number of hydrogen-bond donors (Lipinski definition) is 0. The van der Waals surface area contributed by atoms with Crippen LogP contribution in [0.15, 0.2) is 0 Å². The van der Waals surface area contributed by atoms with E-state index in [1.807, 2.05) is 48.5 Å². The number of carbonyl (C=O) groups is 1. The summed E-state index contributed by atoms with van der Waals surface area (Å²) in [5.41, 5.74) is -0.386. The molecule has 1 amide bonds. The van der Waals surface area contributed by atoms with E-state index >= 15 is 0 Å². The van der Waals surface area contributed by atoms with Gasteiger partial charge in [-0.2, -0.15) is 13.3 Å². The molecule has 0 N–H and O–H groups in total. The fourth-order valence-corrected chi connectivity index (χ4v) is 1.54. The van der Waals surface area contributed by atoms with Crippen LogP contribution in [-0.4, -0.2) is 29.7 Å². The smallest absolute Gasteiger partial charge is 0.407 e. The summed E-state index contributed by atoms with van der Waals surface area (Å²) in [5, 5.41) is 0. The molecule has 0 atom stereocenters. The SMILES string of the molecule is CC.CC.C[C-]1CCCN(C(=O)OC(C)(C)C)C1.[W]. The minimum absolute atomic E-state index is 0. The van der Waals surface area contributed by atoms with Gasteiger partial charge in [-0.1, -0.05) is 40.7 Å². The summed E-state index contributed by atoms with van der Waals surface area (Å²) in [6.45, 7) is 17.4. The van der Waals surface area contributed by atoms with Crippen LogP contribution in [0.1, 0.15) is 68.2 Å². The van der Waals surface area contributed by atoms with E-state index in [4.69, 9.17) is 4.74 Å². The predicted molar refractivity (Wildman–Crippen MR) is 78.7 cm³/mol. The minimum atomic E-state index is -0.386. The van der Waals surface area contributed by atoms with Crippen molar-refractivity contribution in [3.63, 3.8) is 0 Å². The second-order valence-electron chi connectivity index (χ2n) is 4.96. The molecule has 0 spiro atoms. The molecule has 4 heteroatoms. The maximum Gasteiger partial charge on any atom is 0.407 e. The largest absolute Gasteiger partial charge is 0.444 e. The Kier molecular flexibility index (Phi) is 16.4. The number of ether oxygens (including phenoxy) is 1. The molecule has 0 radical (unpaired) electrons. The zero-order valence-electron chi connectivity index (χ0n) is 14.0. The molecule has 116 valence electrons. The zero-order chi connectivity index (χ0) is 14.8. The van der Waals surface area contributed by atoms with Gasteiger partial charge in [-0.15, -0.1) is 0 Å². The monoisotopic (exact) mass is 442 g/mol. The van der Waals surface area contributed by atoms with Crippen LogP contribution < -0.4 is 0 Å². The topological polar surface area (TPSA) is 29.5 Å². The van der Waals surface area contributed by atoms with Crippen molar-refractivity contribution in [2.45, 2.75) is 73.8 Å². The standard InChI is InChI=1S/C11H20NO2.2C2H6.W/c1-9-6-5-7-12(8-9)10(13)14-11(2,3)4;2*1-2;/h5-8H2,1-4H3;2*1-2H3;/q-1;;;. The first-order chi connectivity index (χ1) is 8.38. The molecule has 1 fully saturated rings. The Hall–Kier alpha value is -0.0417. The number of hydrogen-bond acceptors (Lipinski definition) is 2. The van der Waals surface area contributed by atoms with Crippen LogP contribution in [0, 0.1) is 5.92 Å². The molecule has 0 aromatic rings. The van der Waals surface area contributed by atoms with E-state index in [0.717, 1.165) is 25.9 Å². The molecule has 3 nitrogen and oxygen atoms in total. The van der Waals surface area contributed by atoms with Crippen molar-refractivity contribution in [2.75, 3.05) is 13.1 Å². The van der Waals surface area contributed by atoms with Crippen LogP contribution >= 0.6 is 0 Å². The average molecular weight is 442 g/mol. The first kappa shape index (κ1) is 24.0. The fourth-order valence-electron chi connectivity index (χ4n) is 1.54. The molecule has 1 rings (SSSR count). The Balaban J connectivity index is -0.000000467. The third-order valence-corrected chi connectivity index (χ3v) is 2.14. The second-order valence-corrected chi connectivity index (χ2v) is 4.96. The molecule has 19 heavy (non-hydrogen) atoms. The quantitative estimate of drug-likeness (QED) is 0.511. The van der Waals surface area contributed by atoms with Gasteiger partial charge < -0.3 is 9.64 Å². The van der Waals surface area contributed by atoms with Crippen molar-refractivity contribution in [1.82, 2.24) is 4.90 Å². The average Bonchev–Trinajstić information content (AvgIpc) is 2.32. The Morgan fingerprint density at radius 2 is 1.63 bits per heavy atom. The first-order valence-corrected chi connectivity index (χ1v) is 7.18. The van der Waals surface area contributed by atoms with E-state index < -0.39 is 0 Å². The summed E-state index contributed by atoms with van der Waals surface area (Å²) in [6, 6.07) is 0. The van der Waals surface area contributed by atoms with E-state index in [0.29, 0.717) is 0 Å². The normalized spacial score (nSPS) is 15.1. The van der Waals surface area contributed by atoms with Gasteiger partial charge in [-0.25, -0.2) is 4.79 Å². The molecule has 0 aromatic heterocycles. The van der Waals surface area contributed by atoms with Gasteiger partial charge in [-0.05, 0) is 20.8 Å². The van der Waals surface area contributed by atoms with Gasteiger partial charge in [-0.3, -0.25) is 5.92 Å². The fraction of sp³-hybridized carbons (Fsp3) is 0.867.